The normalized spacial score (nSPS) is 10.4. The molecule has 0 aliphatic rings. The van der Waals surface area contributed by atoms with Crippen molar-refractivity contribution < 1.29 is 4.39 Å². The number of nitrogens with zero attached hydrogens (tertiary/aromatic N) is 3. The molecule has 4 nitrogen and oxygen atoms in total. The van der Waals surface area contributed by atoms with Gasteiger partial charge in [0.05, 0.1) is 18.4 Å². The zero-order valence-electron chi connectivity index (χ0n) is 9.24. The summed E-state index contributed by atoms with van der Waals surface area (Å²) in [6.07, 6.45) is 1.68. The third kappa shape index (κ3) is 2.36. The first kappa shape index (κ1) is 10.6. The Morgan fingerprint density at radius 2 is 2.19 bits per heavy atom. The van der Waals surface area contributed by atoms with Gasteiger partial charge in [-0.25, -0.2) is 4.39 Å². The maximum Gasteiger partial charge on any atom is 0.125 e. The van der Waals surface area contributed by atoms with Crippen molar-refractivity contribution in [1.82, 2.24) is 15.0 Å². The molecule has 0 atom stereocenters. The van der Waals surface area contributed by atoms with Crippen molar-refractivity contribution in [3.8, 4) is 0 Å². The van der Waals surface area contributed by atoms with Crippen molar-refractivity contribution >= 4 is 5.69 Å². The maximum atomic E-state index is 13.1. The van der Waals surface area contributed by atoms with E-state index in [4.69, 9.17) is 0 Å². The molecular weight excluding hydrogens is 207 g/mol. The van der Waals surface area contributed by atoms with Crippen LogP contribution in [0.1, 0.15) is 11.3 Å². The van der Waals surface area contributed by atoms with Crippen LogP contribution in [0.25, 0.3) is 0 Å². The molecular formula is C11H13FN4. The van der Waals surface area contributed by atoms with Gasteiger partial charge in [-0.1, -0.05) is 5.21 Å². The molecule has 0 saturated heterocycles. The fraction of sp³-hybridized carbons (Fsp3) is 0.273. The minimum Gasteiger partial charge on any atom is -0.379 e. The number of nitrogens with one attached hydrogen (secondary N) is 1. The Bertz CT molecular complexity index is 472. The van der Waals surface area contributed by atoms with Crippen LogP contribution in [0.15, 0.2) is 24.4 Å². The smallest absolute Gasteiger partial charge is 0.125 e. The van der Waals surface area contributed by atoms with Crippen LogP contribution in [-0.4, -0.2) is 15.0 Å². The molecule has 16 heavy (non-hydrogen) atoms. The molecule has 1 N–H and O–H groups in total. The van der Waals surface area contributed by atoms with Gasteiger partial charge in [-0.2, -0.15) is 0 Å². The summed E-state index contributed by atoms with van der Waals surface area (Å²) in [6.45, 7) is 2.44. The summed E-state index contributed by atoms with van der Waals surface area (Å²) in [5, 5.41) is 10.7. The van der Waals surface area contributed by atoms with Gasteiger partial charge in [-0.05, 0) is 30.7 Å². The van der Waals surface area contributed by atoms with Crippen LogP contribution < -0.4 is 5.32 Å². The molecule has 5 heteroatoms. The zero-order chi connectivity index (χ0) is 11.5. The Hall–Kier alpha value is -1.91. The summed E-state index contributed by atoms with van der Waals surface area (Å²) >= 11 is 0. The Kier molecular flexibility index (Phi) is 2.85. The topological polar surface area (TPSA) is 42.7 Å². The number of anilines is 1. The van der Waals surface area contributed by atoms with Crippen molar-refractivity contribution in [1.29, 1.82) is 0 Å². The minimum absolute atomic E-state index is 0.231. The van der Waals surface area contributed by atoms with E-state index in [1.54, 1.807) is 10.9 Å². The monoisotopic (exact) mass is 220 g/mol. The van der Waals surface area contributed by atoms with Gasteiger partial charge in [0.1, 0.15) is 5.82 Å². The molecule has 0 bridgehead atoms. The predicted octanol–water partition coefficient (Wildman–Crippen LogP) is 1.87. The van der Waals surface area contributed by atoms with Crippen LogP contribution >= 0.6 is 0 Å². The maximum absolute atomic E-state index is 13.1. The molecule has 1 heterocycles. The second kappa shape index (κ2) is 4.30. The molecule has 0 aliphatic carbocycles. The van der Waals surface area contributed by atoms with E-state index >= 15 is 0 Å². The molecule has 2 rings (SSSR count). The van der Waals surface area contributed by atoms with Crippen LogP contribution in [-0.2, 0) is 13.6 Å². The first-order chi connectivity index (χ1) is 7.65. The molecule has 0 fully saturated rings. The molecule has 0 spiro atoms. The number of halogens is 1. The second-order valence-electron chi connectivity index (χ2n) is 3.72. The summed E-state index contributed by atoms with van der Waals surface area (Å²) < 4.78 is 14.8. The molecule has 84 valence electrons. The van der Waals surface area contributed by atoms with Crippen molar-refractivity contribution in [2.75, 3.05) is 5.32 Å². The van der Waals surface area contributed by atoms with Crippen LogP contribution in [0, 0.1) is 12.7 Å². The van der Waals surface area contributed by atoms with E-state index in [-0.39, 0.29) is 5.82 Å². The minimum atomic E-state index is -0.231. The standard InChI is InChI=1S/C11H13FN4/c1-8-3-9(12)5-10(4-8)13-6-11-7-14-15-16(11)2/h3-5,7,13H,6H2,1-2H3. The molecule has 0 radical (unpaired) electrons. The van der Waals surface area contributed by atoms with Gasteiger partial charge in [0.25, 0.3) is 0 Å². The van der Waals surface area contributed by atoms with E-state index in [2.05, 4.69) is 15.6 Å². The lowest BCUT2D eigenvalue weighted by atomic mass is 10.2. The second-order valence-corrected chi connectivity index (χ2v) is 3.72. The lowest BCUT2D eigenvalue weighted by Gasteiger charge is -2.07. The number of rotatable bonds is 3. The predicted molar refractivity (Wildman–Crippen MR) is 59.5 cm³/mol. The number of aromatic nitrogens is 3. The number of hydrogen-bond donors (Lipinski definition) is 1. The number of aryl methyl sites for hydroxylation is 2. The van der Waals surface area contributed by atoms with E-state index in [0.717, 1.165) is 16.9 Å². The first-order valence-electron chi connectivity index (χ1n) is 5.00. The van der Waals surface area contributed by atoms with Gasteiger partial charge in [0.15, 0.2) is 0 Å². The largest absolute Gasteiger partial charge is 0.379 e. The lowest BCUT2D eigenvalue weighted by molar-refractivity contribution is 0.627. The summed E-state index contributed by atoms with van der Waals surface area (Å²) in [6, 6.07) is 4.86. The van der Waals surface area contributed by atoms with Crippen molar-refractivity contribution in [2.24, 2.45) is 7.05 Å². The molecule has 0 saturated carbocycles. The highest BCUT2D eigenvalue weighted by molar-refractivity contribution is 5.46. The summed E-state index contributed by atoms with van der Waals surface area (Å²) in [4.78, 5) is 0. The summed E-state index contributed by atoms with van der Waals surface area (Å²) in [5.74, 6) is -0.231. The molecule has 0 aliphatic heterocycles. The zero-order valence-corrected chi connectivity index (χ0v) is 9.24. The van der Waals surface area contributed by atoms with Gasteiger partial charge in [0, 0.05) is 12.7 Å². The molecule has 0 unspecified atom stereocenters. The number of benzene rings is 1. The van der Waals surface area contributed by atoms with Crippen LogP contribution in [0.3, 0.4) is 0 Å². The summed E-state index contributed by atoms with van der Waals surface area (Å²) in [7, 11) is 1.82. The van der Waals surface area contributed by atoms with E-state index in [1.165, 1.54) is 12.1 Å². The average molecular weight is 220 g/mol. The number of hydrogen-bond acceptors (Lipinski definition) is 3. The summed E-state index contributed by atoms with van der Waals surface area (Å²) in [5.41, 5.74) is 2.60. The quantitative estimate of drug-likeness (QED) is 0.858. The molecule has 1 aromatic heterocycles. The first-order valence-corrected chi connectivity index (χ1v) is 5.00. The van der Waals surface area contributed by atoms with E-state index in [1.807, 2.05) is 20.0 Å². The molecule has 2 aromatic rings. The van der Waals surface area contributed by atoms with Crippen LogP contribution in [0.2, 0.25) is 0 Å². The van der Waals surface area contributed by atoms with Crippen LogP contribution in [0.4, 0.5) is 10.1 Å². The highest BCUT2D eigenvalue weighted by Gasteiger charge is 2.01. The fourth-order valence-corrected chi connectivity index (χ4v) is 1.50. The third-order valence-corrected chi connectivity index (χ3v) is 2.32. The Labute approximate surface area is 93.1 Å². The molecule has 1 aromatic carbocycles. The molecule has 0 amide bonds. The van der Waals surface area contributed by atoms with Gasteiger partial charge in [-0.15, -0.1) is 5.10 Å². The fourth-order valence-electron chi connectivity index (χ4n) is 1.50. The highest BCUT2D eigenvalue weighted by Crippen LogP contribution is 2.14. The van der Waals surface area contributed by atoms with E-state index < -0.39 is 0 Å². The average Bonchev–Trinajstić information content (AvgIpc) is 2.59. The van der Waals surface area contributed by atoms with E-state index in [0.29, 0.717) is 6.54 Å². The van der Waals surface area contributed by atoms with Crippen molar-refractivity contribution in [3.63, 3.8) is 0 Å². The Morgan fingerprint density at radius 1 is 1.38 bits per heavy atom. The van der Waals surface area contributed by atoms with Gasteiger partial charge >= 0.3 is 0 Å². The Morgan fingerprint density at radius 3 is 2.81 bits per heavy atom. The Balaban J connectivity index is 2.07. The SMILES string of the molecule is Cc1cc(F)cc(NCc2cnnn2C)c1. The van der Waals surface area contributed by atoms with Gasteiger partial charge < -0.3 is 5.32 Å². The third-order valence-electron chi connectivity index (χ3n) is 2.32. The van der Waals surface area contributed by atoms with Crippen molar-refractivity contribution in [2.45, 2.75) is 13.5 Å². The van der Waals surface area contributed by atoms with E-state index in [9.17, 15) is 4.39 Å². The van der Waals surface area contributed by atoms with Gasteiger partial charge in [-0.3, -0.25) is 4.68 Å². The van der Waals surface area contributed by atoms with Crippen molar-refractivity contribution in [3.05, 3.63) is 41.5 Å². The van der Waals surface area contributed by atoms with Crippen LogP contribution in [0.5, 0.6) is 0 Å². The van der Waals surface area contributed by atoms with Gasteiger partial charge in [0.2, 0.25) is 0 Å². The highest BCUT2D eigenvalue weighted by atomic mass is 19.1. The lowest BCUT2D eigenvalue weighted by Crippen LogP contribution is -2.05.